The molecule has 0 saturated carbocycles. The van der Waals surface area contributed by atoms with Crippen LogP contribution in [0.15, 0.2) is 65.3 Å². The smallest absolute Gasteiger partial charge is 0.134 e. The summed E-state index contributed by atoms with van der Waals surface area (Å²) in [5.74, 6) is 0. The Bertz CT molecular complexity index is 804. The molecule has 0 amide bonds. The molecule has 2 aromatic carbocycles. The number of aromatic nitrogens is 1. The SMILES string of the molecule is CC.CC.Cc1cc2ccccc2[nH]1.Cc1coc2ccccc12.[HH]. The molecule has 2 aromatic heterocycles. The van der Waals surface area contributed by atoms with Crippen LogP contribution in [-0.2, 0) is 0 Å². The van der Waals surface area contributed by atoms with Crippen molar-refractivity contribution in [1.82, 2.24) is 4.98 Å². The van der Waals surface area contributed by atoms with E-state index in [0.717, 1.165) is 5.58 Å². The zero-order chi connectivity index (χ0) is 17.9. The number of rotatable bonds is 0. The molecule has 0 bridgehead atoms. The number of aromatic amines is 1. The molecule has 2 heterocycles. The second-order valence-electron chi connectivity index (χ2n) is 4.95. The highest BCUT2D eigenvalue weighted by Gasteiger charge is 1.97. The predicted molar refractivity (Wildman–Crippen MR) is 109 cm³/mol. The van der Waals surface area contributed by atoms with Crippen molar-refractivity contribution in [1.29, 1.82) is 0 Å². The largest absolute Gasteiger partial charge is 0.464 e. The van der Waals surface area contributed by atoms with Gasteiger partial charge in [-0.25, -0.2) is 0 Å². The van der Waals surface area contributed by atoms with Crippen molar-refractivity contribution in [2.45, 2.75) is 41.5 Å². The van der Waals surface area contributed by atoms with E-state index >= 15 is 0 Å². The van der Waals surface area contributed by atoms with Crippen molar-refractivity contribution in [3.8, 4) is 0 Å². The third kappa shape index (κ3) is 5.02. The van der Waals surface area contributed by atoms with Gasteiger partial charge in [0.05, 0.1) is 6.26 Å². The molecule has 0 saturated heterocycles. The van der Waals surface area contributed by atoms with Crippen LogP contribution in [-0.4, -0.2) is 4.98 Å². The Balaban J connectivity index is 0.000000373. The summed E-state index contributed by atoms with van der Waals surface area (Å²) >= 11 is 0. The highest BCUT2D eigenvalue weighted by Crippen LogP contribution is 2.18. The summed E-state index contributed by atoms with van der Waals surface area (Å²) in [4.78, 5) is 3.26. The molecule has 0 aliphatic heterocycles. The lowest BCUT2D eigenvalue weighted by molar-refractivity contribution is 0.613. The summed E-state index contributed by atoms with van der Waals surface area (Å²) < 4.78 is 5.25. The van der Waals surface area contributed by atoms with Crippen molar-refractivity contribution in [3.63, 3.8) is 0 Å². The van der Waals surface area contributed by atoms with Gasteiger partial charge in [0.15, 0.2) is 0 Å². The highest BCUT2D eigenvalue weighted by molar-refractivity contribution is 5.80. The van der Waals surface area contributed by atoms with Gasteiger partial charge in [-0.05, 0) is 43.0 Å². The molecular weight excluding hydrogens is 294 g/mol. The highest BCUT2D eigenvalue weighted by atomic mass is 16.3. The van der Waals surface area contributed by atoms with Crippen LogP contribution in [0.2, 0.25) is 0 Å². The quantitative estimate of drug-likeness (QED) is 0.356. The van der Waals surface area contributed by atoms with Gasteiger partial charge in [0.1, 0.15) is 5.58 Å². The lowest BCUT2D eigenvalue weighted by Crippen LogP contribution is -1.65. The number of aryl methyl sites for hydroxylation is 2. The summed E-state index contributed by atoms with van der Waals surface area (Å²) in [5, 5.41) is 2.50. The number of furan rings is 1. The van der Waals surface area contributed by atoms with Gasteiger partial charge in [0.2, 0.25) is 0 Å². The van der Waals surface area contributed by atoms with Crippen molar-refractivity contribution in [2.75, 3.05) is 0 Å². The van der Waals surface area contributed by atoms with E-state index in [4.69, 9.17) is 4.42 Å². The molecule has 2 heteroatoms. The van der Waals surface area contributed by atoms with Gasteiger partial charge in [0.25, 0.3) is 0 Å². The molecule has 24 heavy (non-hydrogen) atoms. The molecule has 4 aromatic rings. The van der Waals surface area contributed by atoms with Crippen LogP contribution < -0.4 is 0 Å². The van der Waals surface area contributed by atoms with E-state index in [1.54, 1.807) is 6.26 Å². The molecule has 0 unspecified atom stereocenters. The zero-order valence-electron chi connectivity index (χ0n) is 15.7. The van der Waals surface area contributed by atoms with Crippen LogP contribution in [0.3, 0.4) is 0 Å². The van der Waals surface area contributed by atoms with Crippen molar-refractivity contribution < 1.29 is 5.84 Å². The molecule has 0 fully saturated rings. The second-order valence-corrected chi connectivity index (χ2v) is 4.95. The van der Waals surface area contributed by atoms with Gasteiger partial charge in [0, 0.05) is 18.0 Å². The molecule has 0 spiro atoms. The number of para-hydroxylation sites is 2. The number of benzene rings is 2. The monoisotopic (exact) mass is 325 g/mol. The van der Waals surface area contributed by atoms with E-state index in [2.05, 4.69) is 42.2 Å². The van der Waals surface area contributed by atoms with E-state index in [0.29, 0.717) is 0 Å². The van der Waals surface area contributed by atoms with Gasteiger partial charge in [-0.3, -0.25) is 0 Å². The summed E-state index contributed by atoms with van der Waals surface area (Å²) in [6.07, 6.45) is 1.78. The van der Waals surface area contributed by atoms with Crippen LogP contribution in [0.4, 0.5) is 0 Å². The topological polar surface area (TPSA) is 28.9 Å². The molecule has 0 radical (unpaired) electrons. The molecule has 130 valence electrons. The van der Waals surface area contributed by atoms with Crippen LogP contribution in [0.5, 0.6) is 0 Å². The number of H-pyrrole nitrogens is 1. The first kappa shape index (κ1) is 19.6. The predicted octanol–water partition coefficient (Wildman–Crippen LogP) is 7.52. The number of fused-ring (bicyclic) bond motifs is 2. The lowest BCUT2D eigenvalue weighted by atomic mass is 10.2. The van der Waals surface area contributed by atoms with E-state index in [1.165, 1.54) is 27.5 Å². The maximum Gasteiger partial charge on any atom is 0.134 e. The van der Waals surface area contributed by atoms with E-state index < -0.39 is 0 Å². The molecule has 0 aliphatic rings. The lowest BCUT2D eigenvalue weighted by Gasteiger charge is -1.84. The molecule has 1 N–H and O–H groups in total. The average molecular weight is 325 g/mol. The summed E-state index contributed by atoms with van der Waals surface area (Å²) in [6, 6.07) is 18.5. The molecular formula is C22H31NO. The molecule has 0 aliphatic carbocycles. The summed E-state index contributed by atoms with van der Waals surface area (Å²) in [6.45, 7) is 12.1. The van der Waals surface area contributed by atoms with Gasteiger partial charge < -0.3 is 9.40 Å². The van der Waals surface area contributed by atoms with Crippen LogP contribution in [0.1, 0.15) is 40.4 Å². The fourth-order valence-electron chi connectivity index (χ4n) is 2.33. The van der Waals surface area contributed by atoms with Gasteiger partial charge in [-0.1, -0.05) is 64.1 Å². The summed E-state index contributed by atoms with van der Waals surface area (Å²) in [5.41, 5.74) is 4.62. The summed E-state index contributed by atoms with van der Waals surface area (Å²) in [7, 11) is 0. The van der Waals surface area contributed by atoms with Crippen LogP contribution in [0, 0.1) is 13.8 Å². The van der Waals surface area contributed by atoms with E-state index in [-0.39, 0.29) is 1.43 Å². The number of hydrogen-bond donors (Lipinski definition) is 1. The molecule has 2 nitrogen and oxygen atoms in total. The van der Waals surface area contributed by atoms with Crippen molar-refractivity contribution in [2.24, 2.45) is 0 Å². The average Bonchev–Trinajstić information content (AvgIpc) is 3.21. The Kier molecular flexibility index (Phi) is 8.42. The Hall–Kier alpha value is -2.48. The Morgan fingerprint density at radius 3 is 2.12 bits per heavy atom. The molecule has 0 atom stereocenters. The van der Waals surface area contributed by atoms with Crippen LogP contribution >= 0.6 is 0 Å². The Morgan fingerprint density at radius 2 is 1.46 bits per heavy atom. The third-order valence-electron chi connectivity index (χ3n) is 3.34. The minimum atomic E-state index is 0. The van der Waals surface area contributed by atoms with E-state index in [9.17, 15) is 0 Å². The van der Waals surface area contributed by atoms with Crippen LogP contribution in [0.25, 0.3) is 21.9 Å². The van der Waals surface area contributed by atoms with E-state index in [1.807, 2.05) is 58.9 Å². The number of hydrogen-bond acceptors (Lipinski definition) is 1. The standard InChI is InChI=1S/C9H9N.C9H8O.2C2H6.H2/c1-7-6-8-4-2-3-5-9(8)10-7;1-7-6-10-9-5-3-2-4-8(7)9;2*1-2;/h2-6,10H,1H3;2-6H,1H3;2*1-2H3;1H. The maximum atomic E-state index is 5.25. The molecule has 4 rings (SSSR count). The van der Waals surface area contributed by atoms with Crippen molar-refractivity contribution in [3.05, 3.63) is 72.1 Å². The van der Waals surface area contributed by atoms with Gasteiger partial charge in [-0.2, -0.15) is 0 Å². The number of nitrogens with one attached hydrogen (secondary N) is 1. The minimum absolute atomic E-state index is 0. The second kappa shape index (κ2) is 10.3. The normalized spacial score (nSPS) is 9.25. The van der Waals surface area contributed by atoms with Crippen molar-refractivity contribution >= 4 is 21.9 Å². The third-order valence-corrected chi connectivity index (χ3v) is 3.34. The zero-order valence-corrected chi connectivity index (χ0v) is 15.7. The minimum Gasteiger partial charge on any atom is -0.464 e. The Labute approximate surface area is 147 Å². The Morgan fingerprint density at radius 1 is 0.833 bits per heavy atom. The van der Waals surface area contributed by atoms with Gasteiger partial charge >= 0.3 is 0 Å². The first-order valence-electron chi connectivity index (χ1n) is 8.71. The fourth-order valence-corrected chi connectivity index (χ4v) is 2.33. The van der Waals surface area contributed by atoms with Gasteiger partial charge in [-0.15, -0.1) is 0 Å². The maximum absolute atomic E-state index is 5.25. The fraction of sp³-hybridized carbons (Fsp3) is 0.273. The first-order valence-corrected chi connectivity index (χ1v) is 8.71. The first-order chi connectivity index (χ1) is 11.7.